The van der Waals surface area contributed by atoms with Crippen molar-refractivity contribution in [2.75, 3.05) is 0 Å². The highest BCUT2D eigenvalue weighted by molar-refractivity contribution is 5.85. The number of hydrogen-bond donors (Lipinski definition) is 0. The standard InChI is InChI=1S/C24H19F3O/c1-2-3-4-5-18-9-15-22-20(16-18)12-11-19(23(22)25)10-6-17-7-13-21(14-8-17)28-24(26)27/h2-3,7-9,11-16,24H,4-5H2,1H3/b3-2+. The van der Waals surface area contributed by atoms with Crippen molar-refractivity contribution in [3.8, 4) is 17.6 Å². The van der Waals surface area contributed by atoms with Gasteiger partial charge in [0.25, 0.3) is 0 Å². The molecule has 3 rings (SSSR count). The van der Waals surface area contributed by atoms with Crippen LogP contribution in [0.3, 0.4) is 0 Å². The van der Waals surface area contributed by atoms with Crippen molar-refractivity contribution in [1.82, 2.24) is 0 Å². The van der Waals surface area contributed by atoms with E-state index in [-0.39, 0.29) is 11.6 Å². The van der Waals surface area contributed by atoms with E-state index in [2.05, 4.69) is 22.7 Å². The van der Waals surface area contributed by atoms with Crippen LogP contribution in [0.2, 0.25) is 0 Å². The summed E-state index contributed by atoms with van der Waals surface area (Å²) >= 11 is 0. The van der Waals surface area contributed by atoms with Crippen LogP contribution in [-0.4, -0.2) is 6.61 Å². The fourth-order valence-electron chi connectivity index (χ4n) is 2.87. The normalized spacial score (nSPS) is 11.0. The average Bonchev–Trinajstić information content (AvgIpc) is 2.68. The first kappa shape index (κ1) is 19.6. The largest absolute Gasteiger partial charge is 0.435 e. The van der Waals surface area contributed by atoms with Gasteiger partial charge in [0, 0.05) is 10.9 Å². The van der Waals surface area contributed by atoms with Crippen molar-refractivity contribution in [2.45, 2.75) is 26.4 Å². The number of allylic oxidation sites excluding steroid dienone is 2. The number of rotatable bonds is 5. The summed E-state index contributed by atoms with van der Waals surface area (Å²) in [5.41, 5.74) is 2.04. The van der Waals surface area contributed by atoms with E-state index in [1.165, 1.54) is 12.1 Å². The molecule has 0 saturated heterocycles. The van der Waals surface area contributed by atoms with Gasteiger partial charge in [-0.05, 0) is 61.0 Å². The van der Waals surface area contributed by atoms with Gasteiger partial charge in [-0.25, -0.2) is 4.39 Å². The maximum atomic E-state index is 14.8. The third-order valence-corrected chi connectivity index (χ3v) is 4.27. The van der Waals surface area contributed by atoms with E-state index >= 15 is 0 Å². The van der Waals surface area contributed by atoms with E-state index < -0.39 is 6.61 Å². The third kappa shape index (κ3) is 4.95. The summed E-state index contributed by atoms with van der Waals surface area (Å²) < 4.78 is 43.4. The summed E-state index contributed by atoms with van der Waals surface area (Å²) in [4.78, 5) is 0. The van der Waals surface area contributed by atoms with Gasteiger partial charge in [-0.15, -0.1) is 0 Å². The molecule has 0 saturated carbocycles. The first-order chi connectivity index (χ1) is 13.6. The maximum Gasteiger partial charge on any atom is 0.387 e. The summed E-state index contributed by atoms with van der Waals surface area (Å²) in [5, 5.41) is 1.37. The Morgan fingerprint density at radius 3 is 2.50 bits per heavy atom. The summed E-state index contributed by atoms with van der Waals surface area (Å²) in [6.45, 7) is -0.878. The second kappa shape index (κ2) is 9.14. The smallest absolute Gasteiger partial charge is 0.387 e. The topological polar surface area (TPSA) is 9.23 Å². The van der Waals surface area contributed by atoms with Gasteiger partial charge in [-0.3, -0.25) is 0 Å². The van der Waals surface area contributed by atoms with Crippen LogP contribution in [-0.2, 0) is 6.42 Å². The Morgan fingerprint density at radius 1 is 1.00 bits per heavy atom. The molecule has 0 aliphatic carbocycles. The Hall–Kier alpha value is -3.19. The predicted molar refractivity (Wildman–Crippen MR) is 106 cm³/mol. The van der Waals surface area contributed by atoms with Gasteiger partial charge in [0.1, 0.15) is 11.6 Å². The molecule has 3 aromatic rings. The Bertz CT molecular complexity index is 1040. The zero-order chi connectivity index (χ0) is 19.9. The first-order valence-corrected chi connectivity index (χ1v) is 8.96. The number of ether oxygens (including phenoxy) is 1. The summed E-state index contributed by atoms with van der Waals surface area (Å²) in [7, 11) is 0. The fourth-order valence-corrected chi connectivity index (χ4v) is 2.87. The number of fused-ring (bicyclic) bond motifs is 1. The van der Waals surface area contributed by atoms with Gasteiger partial charge in [-0.1, -0.05) is 48.3 Å². The van der Waals surface area contributed by atoms with Crippen molar-refractivity contribution >= 4 is 10.8 Å². The van der Waals surface area contributed by atoms with Gasteiger partial charge < -0.3 is 4.74 Å². The van der Waals surface area contributed by atoms with Crippen molar-refractivity contribution in [1.29, 1.82) is 0 Å². The molecule has 0 N–H and O–H groups in total. The zero-order valence-corrected chi connectivity index (χ0v) is 15.4. The lowest BCUT2D eigenvalue weighted by molar-refractivity contribution is -0.0498. The third-order valence-electron chi connectivity index (χ3n) is 4.27. The number of hydrogen-bond acceptors (Lipinski definition) is 1. The molecule has 0 radical (unpaired) electrons. The Balaban J connectivity index is 1.81. The Kier molecular flexibility index (Phi) is 6.39. The molecule has 0 unspecified atom stereocenters. The average molecular weight is 380 g/mol. The van der Waals surface area contributed by atoms with Crippen molar-refractivity contribution in [3.05, 3.63) is 89.3 Å². The van der Waals surface area contributed by atoms with E-state index in [1.807, 2.05) is 31.2 Å². The molecule has 142 valence electrons. The Morgan fingerprint density at radius 2 is 1.79 bits per heavy atom. The SMILES string of the molecule is C/C=C/CCc1ccc2c(F)c(C#Cc3ccc(OC(F)F)cc3)ccc2c1. The molecule has 0 aliphatic rings. The highest BCUT2D eigenvalue weighted by Gasteiger charge is 2.07. The van der Waals surface area contributed by atoms with Crippen LogP contribution in [0.15, 0.2) is 66.7 Å². The van der Waals surface area contributed by atoms with Crippen molar-refractivity contribution in [2.24, 2.45) is 0 Å². The second-order valence-electron chi connectivity index (χ2n) is 6.24. The molecule has 0 heterocycles. The van der Waals surface area contributed by atoms with Crippen molar-refractivity contribution < 1.29 is 17.9 Å². The van der Waals surface area contributed by atoms with Crippen LogP contribution >= 0.6 is 0 Å². The molecule has 0 spiro atoms. The molecule has 0 atom stereocenters. The minimum absolute atomic E-state index is 0.0580. The van der Waals surface area contributed by atoms with Gasteiger partial charge in [-0.2, -0.15) is 8.78 Å². The van der Waals surface area contributed by atoms with E-state index in [4.69, 9.17) is 0 Å². The molecular formula is C24H19F3O. The molecule has 0 bridgehead atoms. The quantitative estimate of drug-likeness (QED) is 0.363. The lowest BCUT2D eigenvalue weighted by Gasteiger charge is -2.05. The molecule has 0 amide bonds. The highest BCUT2D eigenvalue weighted by Crippen LogP contribution is 2.23. The molecule has 1 nitrogen and oxygen atoms in total. The van der Waals surface area contributed by atoms with Gasteiger partial charge in [0.2, 0.25) is 0 Å². The van der Waals surface area contributed by atoms with Crippen LogP contribution in [0.1, 0.15) is 30.0 Å². The summed E-state index contributed by atoms with van der Waals surface area (Å²) in [6, 6.07) is 15.2. The molecule has 3 aromatic carbocycles. The van der Waals surface area contributed by atoms with Crippen LogP contribution in [0.4, 0.5) is 13.2 Å². The van der Waals surface area contributed by atoms with Gasteiger partial charge in [0.15, 0.2) is 0 Å². The van der Waals surface area contributed by atoms with Gasteiger partial charge in [0.05, 0.1) is 5.56 Å². The van der Waals surface area contributed by atoms with E-state index in [0.29, 0.717) is 16.5 Å². The van der Waals surface area contributed by atoms with Crippen molar-refractivity contribution in [3.63, 3.8) is 0 Å². The summed E-state index contributed by atoms with van der Waals surface area (Å²) in [6.07, 6.45) is 5.99. The minimum Gasteiger partial charge on any atom is -0.435 e. The van der Waals surface area contributed by atoms with Crippen LogP contribution in [0.5, 0.6) is 5.75 Å². The van der Waals surface area contributed by atoms with Crippen LogP contribution in [0.25, 0.3) is 10.8 Å². The Labute approximate surface area is 162 Å². The lowest BCUT2D eigenvalue weighted by Crippen LogP contribution is -2.01. The van der Waals surface area contributed by atoms with E-state index in [0.717, 1.165) is 23.8 Å². The molecule has 4 heteroatoms. The molecule has 28 heavy (non-hydrogen) atoms. The van der Waals surface area contributed by atoms with Gasteiger partial charge >= 0.3 is 6.61 Å². The van der Waals surface area contributed by atoms with Crippen LogP contribution in [0, 0.1) is 17.7 Å². The fraction of sp³-hybridized carbons (Fsp3) is 0.167. The number of alkyl halides is 2. The molecule has 0 aliphatic heterocycles. The number of halogens is 3. The second-order valence-corrected chi connectivity index (χ2v) is 6.24. The minimum atomic E-state index is -2.87. The number of aryl methyl sites for hydroxylation is 1. The first-order valence-electron chi connectivity index (χ1n) is 8.96. The molecular weight excluding hydrogens is 361 g/mol. The zero-order valence-electron chi connectivity index (χ0n) is 15.4. The number of benzene rings is 3. The molecule has 0 fully saturated rings. The van der Waals surface area contributed by atoms with Crippen LogP contribution < -0.4 is 4.74 Å². The summed E-state index contributed by atoms with van der Waals surface area (Å²) in [5.74, 6) is 5.37. The monoisotopic (exact) mass is 380 g/mol. The highest BCUT2D eigenvalue weighted by atomic mass is 19.3. The molecule has 0 aromatic heterocycles. The lowest BCUT2D eigenvalue weighted by atomic mass is 10.0. The van der Waals surface area contributed by atoms with E-state index in [1.54, 1.807) is 24.3 Å². The predicted octanol–water partition coefficient (Wildman–Crippen LogP) is 6.49. The maximum absolute atomic E-state index is 14.8. The van der Waals surface area contributed by atoms with E-state index in [9.17, 15) is 13.2 Å².